The van der Waals surface area contributed by atoms with Crippen LogP contribution in [-0.2, 0) is 0 Å². The number of nitrogens with zero attached hydrogens (tertiary/aromatic N) is 2. The molecule has 0 N–H and O–H groups in total. The smallest absolute Gasteiger partial charge is 0.358 e. The first-order chi connectivity index (χ1) is 5.11. The Morgan fingerprint density at radius 3 is 2.55 bits per heavy atom. The molecule has 0 radical (unpaired) electrons. The average molecular weight is 152 g/mol. The van der Waals surface area contributed by atoms with Crippen LogP contribution in [0.1, 0.15) is 11.3 Å². The Morgan fingerprint density at radius 1 is 1.45 bits per heavy atom. The van der Waals surface area contributed by atoms with Crippen molar-refractivity contribution in [1.82, 2.24) is 4.98 Å². The SMILES string of the molecule is Cc1ccc(C)c([N+](=O)[O-])n1. The lowest BCUT2D eigenvalue weighted by Crippen LogP contribution is -1.96. The molecule has 4 nitrogen and oxygen atoms in total. The van der Waals surface area contributed by atoms with Gasteiger partial charge in [-0.25, -0.2) is 0 Å². The molecule has 0 aliphatic rings. The topological polar surface area (TPSA) is 56.0 Å². The molecule has 0 amide bonds. The van der Waals surface area contributed by atoms with Crippen LogP contribution in [-0.4, -0.2) is 9.91 Å². The molecule has 0 fully saturated rings. The van der Waals surface area contributed by atoms with Crippen molar-refractivity contribution in [2.24, 2.45) is 0 Å². The second-order valence-electron chi connectivity index (χ2n) is 2.35. The summed E-state index contributed by atoms with van der Waals surface area (Å²) in [6.07, 6.45) is 0. The van der Waals surface area contributed by atoms with Crippen molar-refractivity contribution in [3.05, 3.63) is 33.5 Å². The Labute approximate surface area is 64.0 Å². The summed E-state index contributed by atoms with van der Waals surface area (Å²) in [5.41, 5.74) is 1.27. The van der Waals surface area contributed by atoms with Crippen molar-refractivity contribution in [3.8, 4) is 0 Å². The minimum atomic E-state index is -0.470. The Kier molecular flexibility index (Phi) is 1.85. The number of rotatable bonds is 1. The number of pyridine rings is 1. The minimum absolute atomic E-state index is 0.0509. The molecule has 1 heterocycles. The molecule has 4 heteroatoms. The standard InChI is InChI=1S/C7H8N2O2/c1-5-3-4-6(2)8-7(5)9(10)11/h3-4H,1-2H3. The van der Waals surface area contributed by atoms with Crippen molar-refractivity contribution in [1.29, 1.82) is 0 Å². The van der Waals surface area contributed by atoms with E-state index in [2.05, 4.69) is 4.98 Å². The van der Waals surface area contributed by atoms with E-state index in [1.807, 2.05) is 0 Å². The largest absolute Gasteiger partial charge is 0.366 e. The second-order valence-corrected chi connectivity index (χ2v) is 2.35. The van der Waals surface area contributed by atoms with Gasteiger partial charge in [0.15, 0.2) is 0 Å². The predicted octanol–water partition coefficient (Wildman–Crippen LogP) is 1.61. The molecular weight excluding hydrogens is 144 g/mol. The first kappa shape index (κ1) is 7.65. The molecule has 58 valence electrons. The molecular formula is C7H8N2O2. The van der Waals surface area contributed by atoms with E-state index in [1.165, 1.54) is 0 Å². The Hall–Kier alpha value is -1.45. The monoisotopic (exact) mass is 152 g/mol. The first-order valence-electron chi connectivity index (χ1n) is 3.20. The number of aryl methyl sites for hydroxylation is 2. The molecule has 0 aliphatic heterocycles. The van der Waals surface area contributed by atoms with Crippen LogP contribution in [0.3, 0.4) is 0 Å². The van der Waals surface area contributed by atoms with Crippen LogP contribution in [0.15, 0.2) is 12.1 Å². The van der Waals surface area contributed by atoms with Crippen LogP contribution < -0.4 is 0 Å². The Bertz CT molecular complexity index is 296. The van der Waals surface area contributed by atoms with Crippen molar-refractivity contribution < 1.29 is 4.92 Å². The van der Waals surface area contributed by atoms with Gasteiger partial charge >= 0.3 is 5.82 Å². The third-order valence-corrected chi connectivity index (χ3v) is 1.38. The summed E-state index contributed by atoms with van der Waals surface area (Å²) in [5.74, 6) is -0.0509. The summed E-state index contributed by atoms with van der Waals surface area (Å²) in [7, 11) is 0. The van der Waals surface area contributed by atoms with Crippen LogP contribution >= 0.6 is 0 Å². The van der Waals surface area contributed by atoms with E-state index in [9.17, 15) is 10.1 Å². The van der Waals surface area contributed by atoms with Crippen molar-refractivity contribution in [2.45, 2.75) is 13.8 Å². The Morgan fingerprint density at radius 2 is 2.09 bits per heavy atom. The minimum Gasteiger partial charge on any atom is -0.358 e. The molecule has 0 atom stereocenters. The lowest BCUT2D eigenvalue weighted by molar-refractivity contribution is -0.390. The van der Waals surface area contributed by atoms with Gasteiger partial charge in [0.2, 0.25) is 0 Å². The fourth-order valence-electron chi connectivity index (χ4n) is 0.797. The molecule has 0 aromatic carbocycles. The second kappa shape index (κ2) is 2.65. The molecule has 0 unspecified atom stereocenters. The zero-order valence-electron chi connectivity index (χ0n) is 6.37. The van der Waals surface area contributed by atoms with Gasteiger partial charge in [0, 0.05) is 12.5 Å². The van der Waals surface area contributed by atoms with Gasteiger partial charge in [-0.1, -0.05) is 0 Å². The van der Waals surface area contributed by atoms with Gasteiger partial charge in [-0.05, 0) is 29.0 Å². The van der Waals surface area contributed by atoms with Gasteiger partial charge < -0.3 is 10.1 Å². The average Bonchev–Trinajstić information content (AvgIpc) is 1.94. The molecule has 1 rings (SSSR count). The van der Waals surface area contributed by atoms with Gasteiger partial charge in [-0.15, -0.1) is 0 Å². The van der Waals surface area contributed by atoms with E-state index in [-0.39, 0.29) is 5.82 Å². The fraction of sp³-hybridized carbons (Fsp3) is 0.286. The highest BCUT2D eigenvalue weighted by atomic mass is 16.6. The quantitative estimate of drug-likeness (QED) is 0.453. The molecule has 0 saturated heterocycles. The summed E-state index contributed by atoms with van der Waals surface area (Å²) >= 11 is 0. The number of hydrogen-bond acceptors (Lipinski definition) is 3. The highest BCUT2D eigenvalue weighted by Gasteiger charge is 2.10. The molecule has 1 aromatic rings. The summed E-state index contributed by atoms with van der Waals surface area (Å²) in [4.78, 5) is 13.6. The van der Waals surface area contributed by atoms with E-state index in [0.717, 1.165) is 0 Å². The lowest BCUT2D eigenvalue weighted by Gasteiger charge is -1.95. The predicted molar refractivity (Wildman–Crippen MR) is 40.4 cm³/mol. The molecule has 0 aliphatic carbocycles. The van der Waals surface area contributed by atoms with E-state index in [4.69, 9.17) is 0 Å². The number of hydrogen-bond donors (Lipinski definition) is 0. The van der Waals surface area contributed by atoms with Crippen molar-refractivity contribution in [3.63, 3.8) is 0 Å². The molecule has 11 heavy (non-hydrogen) atoms. The van der Waals surface area contributed by atoms with Gasteiger partial charge in [0.1, 0.15) is 5.69 Å². The number of nitro groups is 1. The molecule has 1 aromatic heterocycles. The maximum atomic E-state index is 10.3. The van der Waals surface area contributed by atoms with Crippen LogP contribution in [0.2, 0.25) is 0 Å². The summed E-state index contributed by atoms with van der Waals surface area (Å²) in [6, 6.07) is 3.45. The molecule has 0 bridgehead atoms. The normalized spacial score (nSPS) is 9.64. The van der Waals surface area contributed by atoms with Crippen LogP contribution in [0, 0.1) is 24.0 Å². The summed E-state index contributed by atoms with van der Waals surface area (Å²) in [6.45, 7) is 3.40. The van der Waals surface area contributed by atoms with Crippen LogP contribution in [0.4, 0.5) is 5.82 Å². The first-order valence-corrected chi connectivity index (χ1v) is 3.20. The third-order valence-electron chi connectivity index (χ3n) is 1.38. The lowest BCUT2D eigenvalue weighted by atomic mass is 10.2. The third kappa shape index (κ3) is 1.52. The zero-order chi connectivity index (χ0) is 8.43. The summed E-state index contributed by atoms with van der Waals surface area (Å²) in [5, 5.41) is 10.3. The van der Waals surface area contributed by atoms with E-state index in [0.29, 0.717) is 11.3 Å². The maximum Gasteiger partial charge on any atom is 0.366 e. The Balaban J connectivity index is 3.23. The van der Waals surface area contributed by atoms with Gasteiger partial charge in [-0.2, -0.15) is 0 Å². The maximum absolute atomic E-state index is 10.3. The van der Waals surface area contributed by atoms with Crippen LogP contribution in [0.25, 0.3) is 0 Å². The van der Waals surface area contributed by atoms with E-state index >= 15 is 0 Å². The molecule has 0 spiro atoms. The van der Waals surface area contributed by atoms with Crippen molar-refractivity contribution >= 4 is 5.82 Å². The van der Waals surface area contributed by atoms with Gasteiger partial charge in [-0.3, -0.25) is 0 Å². The van der Waals surface area contributed by atoms with Crippen LogP contribution in [0.5, 0.6) is 0 Å². The highest BCUT2D eigenvalue weighted by Crippen LogP contribution is 2.13. The van der Waals surface area contributed by atoms with E-state index in [1.54, 1.807) is 26.0 Å². The summed E-state index contributed by atoms with van der Waals surface area (Å²) < 4.78 is 0. The highest BCUT2D eigenvalue weighted by molar-refractivity contribution is 5.31. The zero-order valence-corrected chi connectivity index (χ0v) is 6.37. The fourth-order valence-corrected chi connectivity index (χ4v) is 0.797. The molecule has 0 saturated carbocycles. The van der Waals surface area contributed by atoms with Crippen molar-refractivity contribution in [2.75, 3.05) is 0 Å². The van der Waals surface area contributed by atoms with Gasteiger partial charge in [0.05, 0.1) is 0 Å². The van der Waals surface area contributed by atoms with Gasteiger partial charge in [0.25, 0.3) is 0 Å². The number of aromatic nitrogens is 1. The van der Waals surface area contributed by atoms with E-state index < -0.39 is 4.92 Å².